The molecule has 20 heavy (non-hydrogen) atoms. The van der Waals surface area contributed by atoms with E-state index in [1.54, 1.807) is 0 Å². The molecule has 1 aromatic rings. The van der Waals surface area contributed by atoms with Crippen LogP contribution in [0.15, 0.2) is 12.1 Å². The summed E-state index contributed by atoms with van der Waals surface area (Å²) in [4.78, 5) is 0. The summed E-state index contributed by atoms with van der Waals surface area (Å²) in [6.45, 7) is 13.3. The Bertz CT molecular complexity index is 483. The van der Waals surface area contributed by atoms with Gasteiger partial charge in [-0.3, -0.25) is 0 Å². The molecule has 0 bridgehead atoms. The Morgan fingerprint density at radius 3 is 2.05 bits per heavy atom. The van der Waals surface area contributed by atoms with E-state index in [0.717, 1.165) is 0 Å². The van der Waals surface area contributed by atoms with Crippen molar-refractivity contribution in [2.75, 3.05) is 7.05 Å². The van der Waals surface area contributed by atoms with Crippen LogP contribution in [0, 0.1) is 32.6 Å². The Morgan fingerprint density at radius 2 is 1.55 bits per heavy atom. The Kier molecular flexibility index (Phi) is 4.55. The fraction of sp³-hybridized carbons (Fsp3) is 0.667. The molecule has 0 radical (unpaired) electrons. The summed E-state index contributed by atoms with van der Waals surface area (Å²) in [5.74, 6) is 1.10. The van der Waals surface area contributed by atoms with Gasteiger partial charge < -0.3 is 10.1 Å². The third-order valence-electron chi connectivity index (χ3n) is 5.23. The first-order valence-corrected chi connectivity index (χ1v) is 7.77. The predicted molar refractivity (Wildman–Crippen MR) is 85.1 cm³/mol. The normalized spacial score (nSPS) is 31.6. The van der Waals surface area contributed by atoms with E-state index in [1.807, 2.05) is 0 Å². The van der Waals surface area contributed by atoms with Crippen LogP contribution in [-0.4, -0.2) is 19.3 Å². The molecule has 1 fully saturated rings. The first kappa shape index (κ1) is 15.5. The van der Waals surface area contributed by atoms with Crippen molar-refractivity contribution in [3.05, 3.63) is 34.4 Å². The lowest BCUT2D eigenvalue weighted by Crippen LogP contribution is -2.33. The molecule has 2 nitrogen and oxygen atoms in total. The molecule has 1 heterocycles. The highest BCUT2D eigenvalue weighted by molar-refractivity contribution is 5.38. The summed E-state index contributed by atoms with van der Waals surface area (Å²) in [5, 5.41) is 3.55. The average Bonchev–Trinajstić information content (AvgIpc) is 2.63. The maximum absolute atomic E-state index is 6.04. The second-order valence-electron chi connectivity index (χ2n) is 6.54. The van der Waals surface area contributed by atoms with Crippen molar-refractivity contribution in [2.24, 2.45) is 11.8 Å². The molecule has 1 aliphatic rings. The highest BCUT2D eigenvalue weighted by atomic mass is 16.5. The number of aryl methyl sites for hydroxylation is 3. The van der Waals surface area contributed by atoms with Gasteiger partial charge in [0.15, 0.2) is 0 Å². The molecule has 112 valence electrons. The van der Waals surface area contributed by atoms with E-state index in [0.29, 0.717) is 30.1 Å². The van der Waals surface area contributed by atoms with Gasteiger partial charge in [-0.1, -0.05) is 19.1 Å². The maximum atomic E-state index is 6.04. The molecule has 1 aromatic carbocycles. The van der Waals surface area contributed by atoms with Gasteiger partial charge in [0.1, 0.15) is 0 Å². The first-order chi connectivity index (χ1) is 9.36. The summed E-state index contributed by atoms with van der Waals surface area (Å²) in [7, 11) is 2.07. The van der Waals surface area contributed by atoms with Crippen LogP contribution < -0.4 is 5.32 Å². The molecule has 2 heteroatoms. The van der Waals surface area contributed by atoms with Gasteiger partial charge in [0.25, 0.3) is 0 Å². The van der Waals surface area contributed by atoms with Crippen molar-refractivity contribution in [3.8, 4) is 0 Å². The molecule has 5 atom stereocenters. The van der Waals surface area contributed by atoms with Gasteiger partial charge in [-0.05, 0) is 69.8 Å². The molecule has 0 saturated carbocycles. The van der Waals surface area contributed by atoms with E-state index < -0.39 is 0 Å². The highest BCUT2D eigenvalue weighted by Crippen LogP contribution is 2.41. The van der Waals surface area contributed by atoms with Crippen LogP contribution in [0.3, 0.4) is 0 Å². The molecule has 2 rings (SSSR count). The lowest BCUT2D eigenvalue weighted by Gasteiger charge is -2.30. The summed E-state index contributed by atoms with van der Waals surface area (Å²) in [6, 6.07) is 5.03. The SMILES string of the molecule is CNC(c1cc(C)c(C)cc1C)C1C(C)OC(C)C1C. The molecule has 0 spiro atoms. The number of benzene rings is 1. The van der Waals surface area contributed by atoms with Crippen LogP contribution in [0.4, 0.5) is 0 Å². The lowest BCUT2D eigenvalue weighted by atomic mass is 9.79. The largest absolute Gasteiger partial charge is 0.375 e. The van der Waals surface area contributed by atoms with Crippen LogP contribution in [0.5, 0.6) is 0 Å². The fourth-order valence-corrected chi connectivity index (χ4v) is 3.74. The standard InChI is InChI=1S/C18H29NO/c1-10-8-12(3)16(9-11(10)2)18(19-7)17-13(4)14(5)20-15(17)6/h8-9,13-15,17-19H,1-7H3. The van der Waals surface area contributed by atoms with Crippen LogP contribution in [0.2, 0.25) is 0 Å². The van der Waals surface area contributed by atoms with Gasteiger partial charge >= 0.3 is 0 Å². The van der Waals surface area contributed by atoms with Crippen molar-refractivity contribution in [1.82, 2.24) is 5.32 Å². The molecular formula is C18H29NO. The topological polar surface area (TPSA) is 21.3 Å². The lowest BCUT2D eigenvalue weighted by molar-refractivity contribution is 0.0478. The summed E-state index contributed by atoms with van der Waals surface area (Å²) < 4.78 is 6.04. The van der Waals surface area contributed by atoms with Crippen LogP contribution in [0.1, 0.15) is 49.1 Å². The van der Waals surface area contributed by atoms with Gasteiger partial charge in [0.2, 0.25) is 0 Å². The second-order valence-corrected chi connectivity index (χ2v) is 6.54. The minimum atomic E-state index is 0.304. The van der Waals surface area contributed by atoms with Crippen LogP contribution in [0.25, 0.3) is 0 Å². The number of nitrogens with one attached hydrogen (secondary N) is 1. The van der Waals surface area contributed by atoms with Gasteiger partial charge in [-0.25, -0.2) is 0 Å². The average molecular weight is 275 g/mol. The molecule has 0 aromatic heterocycles. The van der Waals surface area contributed by atoms with Crippen LogP contribution in [-0.2, 0) is 4.74 Å². The summed E-state index contributed by atoms with van der Waals surface area (Å²) in [6.07, 6.45) is 0.649. The van der Waals surface area contributed by atoms with E-state index in [1.165, 1.54) is 22.3 Å². The molecule has 1 N–H and O–H groups in total. The number of hydrogen-bond donors (Lipinski definition) is 1. The molecule has 0 amide bonds. The zero-order valence-corrected chi connectivity index (χ0v) is 13.9. The zero-order valence-electron chi connectivity index (χ0n) is 13.9. The van der Waals surface area contributed by atoms with Gasteiger partial charge in [-0.15, -0.1) is 0 Å². The Balaban J connectivity index is 2.40. The molecular weight excluding hydrogens is 246 g/mol. The van der Waals surface area contributed by atoms with Crippen molar-refractivity contribution in [1.29, 1.82) is 0 Å². The minimum absolute atomic E-state index is 0.304. The van der Waals surface area contributed by atoms with Gasteiger partial charge in [-0.2, -0.15) is 0 Å². The van der Waals surface area contributed by atoms with E-state index in [-0.39, 0.29) is 0 Å². The first-order valence-electron chi connectivity index (χ1n) is 7.77. The summed E-state index contributed by atoms with van der Waals surface area (Å²) >= 11 is 0. The van der Waals surface area contributed by atoms with E-state index in [2.05, 4.69) is 66.0 Å². The fourth-order valence-electron chi connectivity index (χ4n) is 3.74. The molecule has 0 aliphatic carbocycles. The number of rotatable bonds is 3. The van der Waals surface area contributed by atoms with Crippen molar-refractivity contribution < 1.29 is 4.74 Å². The van der Waals surface area contributed by atoms with Gasteiger partial charge in [0.05, 0.1) is 12.2 Å². The van der Waals surface area contributed by atoms with E-state index in [9.17, 15) is 0 Å². The molecule has 1 saturated heterocycles. The maximum Gasteiger partial charge on any atom is 0.0600 e. The zero-order chi connectivity index (χ0) is 15.0. The second kappa shape index (κ2) is 5.87. The van der Waals surface area contributed by atoms with Crippen LogP contribution >= 0.6 is 0 Å². The predicted octanol–water partition coefficient (Wildman–Crippen LogP) is 3.93. The highest BCUT2D eigenvalue weighted by Gasteiger charge is 2.42. The third-order valence-corrected chi connectivity index (χ3v) is 5.23. The molecule has 5 unspecified atom stereocenters. The Morgan fingerprint density at radius 1 is 0.950 bits per heavy atom. The number of ether oxygens (including phenoxy) is 1. The minimum Gasteiger partial charge on any atom is -0.375 e. The number of hydrogen-bond acceptors (Lipinski definition) is 2. The van der Waals surface area contributed by atoms with E-state index >= 15 is 0 Å². The smallest absolute Gasteiger partial charge is 0.0600 e. The molecule has 1 aliphatic heterocycles. The Hall–Kier alpha value is -0.860. The van der Waals surface area contributed by atoms with Crippen molar-refractivity contribution >= 4 is 0 Å². The van der Waals surface area contributed by atoms with Gasteiger partial charge in [0, 0.05) is 12.0 Å². The Labute approximate surface area is 123 Å². The van der Waals surface area contributed by atoms with Crippen molar-refractivity contribution in [2.45, 2.75) is 59.8 Å². The quantitative estimate of drug-likeness (QED) is 0.902. The monoisotopic (exact) mass is 275 g/mol. The summed E-state index contributed by atoms with van der Waals surface area (Å²) in [5.41, 5.74) is 5.56. The van der Waals surface area contributed by atoms with Crippen molar-refractivity contribution in [3.63, 3.8) is 0 Å². The third kappa shape index (κ3) is 2.64. The van der Waals surface area contributed by atoms with E-state index in [4.69, 9.17) is 4.74 Å².